The van der Waals surface area contributed by atoms with E-state index in [0.717, 1.165) is 6.26 Å². The molecule has 0 aliphatic carbocycles. The van der Waals surface area contributed by atoms with Crippen LogP contribution in [-0.2, 0) is 10.0 Å². The number of nitrogens with one attached hydrogen (secondary N) is 1. The molecule has 0 aliphatic heterocycles. The minimum Gasteiger partial charge on any atom is -0.493 e. The van der Waals surface area contributed by atoms with Gasteiger partial charge in [-0.2, -0.15) is 5.26 Å². The fraction of sp³-hybridized carbons (Fsp3) is 0.200. The van der Waals surface area contributed by atoms with Crippen LogP contribution in [0.5, 0.6) is 17.2 Å². The summed E-state index contributed by atoms with van der Waals surface area (Å²) in [5.74, 6) is 0.663. The Bertz CT molecular complexity index is 1060. The molecule has 0 saturated heterocycles. The number of nitrogens with zero attached hydrogens (tertiary/aromatic N) is 1. The average Bonchev–Trinajstić information content (AvgIpc) is 2.69. The lowest BCUT2D eigenvalue weighted by Gasteiger charge is -2.13. The second-order valence-electron chi connectivity index (χ2n) is 5.91. The summed E-state index contributed by atoms with van der Waals surface area (Å²) in [6.45, 7) is 0. The van der Waals surface area contributed by atoms with Crippen molar-refractivity contribution in [1.29, 1.82) is 5.26 Å². The summed E-state index contributed by atoms with van der Waals surface area (Å²) < 4.78 is 40.6. The van der Waals surface area contributed by atoms with Crippen molar-refractivity contribution in [2.75, 3.05) is 32.3 Å². The summed E-state index contributed by atoms with van der Waals surface area (Å²) in [5, 5.41) is 9.46. The van der Waals surface area contributed by atoms with Gasteiger partial charge in [0, 0.05) is 11.3 Å². The van der Waals surface area contributed by atoms with Crippen molar-refractivity contribution in [1.82, 2.24) is 0 Å². The molecule has 9 heteroatoms. The van der Waals surface area contributed by atoms with Gasteiger partial charge in [0.05, 0.1) is 27.6 Å². The molecule has 29 heavy (non-hydrogen) atoms. The maximum Gasteiger partial charge on any atom is 0.229 e. The third-order valence-corrected chi connectivity index (χ3v) is 4.42. The largest absolute Gasteiger partial charge is 0.493 e. The summed E-state index contributed by atoms with van der Waals surface area (Å²) in [6.07, 6.45) is 2.44. The highest BCUT2D eigenvalue weighted by Crippen LogP contribution is 2.38. The Labute approximate surface area is 169 Å². The van der Waals surface area contributed by atoms with E-state index in [0.29, 0.717) is 28.5 Å². The van der Waals surface area contributed by atoms with Crippen molar-refractivity contribution in [2.24, 2.45) is 0 Å². The Morgan fingerprint density at radius 1 is 1.03 bits per heavy atom. The predicted octanol–water partition coefficient (Wildman–Crippen LogP) is 2.87. The monoisotopic (exact) mass is 416 g/mol. The first-order chi connectivity index (χ1) is 13.7. The Kier molecular flexibility index (Phi) is 6.85. The van der Waals surface area contributed by atoms with Gasteiger partial charge in [0.15, 0.2) is 11.5 Å². The molecule has 0 bridgehead atoms. The molecular formula is C20H20N2O6S. The Balaban J connectivity index is 2.39. The van der Waals surface area contributed by atoms with Gasteiger partial charge in [-0.3, -0.25) is 9.52 Å². The predicted molar refractivity (Wildman–Crippen MR) is 109 cm³/mol. The van der Waals surface area contributed by atoms with E-state index in [1.807, 2.05) is 6.07 Å². The first-order valence-corrected chi connectivity index (χ1v) is 10.2. The SMILES string of the molecule is COc1cc(/C=C(\C#N)C(=O)c2ccc(NS(C)(=O)=O)cc2)cc(OC)c1OC. The van der Waals surface area contributed by atoms with E-state index < -0.39 is 15.8 Å². The molecular weight excluding hydrogens is 396 g/mol. The number of nitriles is 1. The maximum absolute atomic E-state index is 12.7. The lowest BCUT2D eigenvalue weighted by Crippen LogP contribution is -2.09. The van der Waals surface area contributed by atoms with Crippen molar-refractivity contribution in [3.63, 3.8) is 0 Å². The van der Waals surface area contributed by atoms with Crippen LogP contribution in [0.1, 0.15) is 15.9 Å². The molecule has 0 aliphatic rings. The molecule has 2 aromatic carbocycles. The van der Waals surface area contributed by atoms with Crippen molar-refractivity contribution >= 4 is 27.6 Å². The van der Waals surface area contributed by atoms with Gasteiger partial charge < -0.3 is 14.2 Å². The van der Waals surface area contributed by atoms with E-state index in [4.69, 9.17) is 14.2 Å². The molecule has 0 fully saturated rings. The number of methoxy groups -OCH3 is 3. The van der Waals surface area contributed by atoms with Gasteiger partial charge in [-0.25, -0.2) is 8.42 Å². The second-order valence-corrected chi connectivity index (χ2v) is 7.66. The molecule has 0 saturated carbocycles. The quantitative estimate of drug-likeness (QED) is 0.400. The van der Waals surface area contributed by atoms with Crippen LogP contribution in [-0.4, -0.2) is 41.8 Å². The van der Waals surface area contributed by atoms with Gasteiger partial charge in [-0.1, -0.05) is 0 Å². The van der Waals surface area contributed by atoms with E-state index in [-0.39, 0.29) is 11.1 Å². The third-order valence-electron chi connectivity index (χ3n) is 3.81. The van der Waals surface area contributed by atoms with Gasteiger partial charge in [-0.15, -0.1) is 0 Å². The number of ether oxygens (including phenoxy) is 3. The fourth-order valence-electron chi connectivity index (χ4n) is 2.56. The Hall–Kier alpha value is -3.51. The van der Waals surface area contributed by atoms with E-state index >= 15 is 0 Å². The number of allylic oxidation sites excluding steroid dienone is 1. The van der Waals surface area contributed by atoms with E-state index in [1.165, 1.54) is 51.7 Å². The highest BCUT2D eigenvalue weighted by Gasteiger charge is 2.16. The van der Waals surface area contributed by atoms with Gasteiger partial charge in [-0.05, 0) is 48.0 Å². The summed E-state index contributed by atoms with van der Waals surface area (Å²) >= 11 is 0. The molecule has 0 spiro atoms. The number of hydrogen-bond acceptors (Lipinski definition) is 7. The van der Waals surface area contributed by atoms with Crippen molar-refractivity contribution < 1.29 is 27.4 Å². The minimum absolute atomic E-state index is 0.108. The zero-order valence-electron chi connectivity index (χ0n) is 16.3. The van der Waals surface area contributed by atoms with Crippen LogP contribution >= 0.6 is 0 Å². The van der Waals surface area contributed by atoms with Crippen LogP contribution in [0.15, 0.2) is 42.0 Å². The summed E-state index contributed by atoms with van der Waals surface area (Å²) in [6, 6.07) is 10.9. The molecule has 152 valence electrons. The minimum atomic E-state index is -3.42. The summed E-state index contributed by atoms with van der Waals surface area (Å²) in [4.78, 5) is 12.7. The molecule has 0 amide bonds. The third kappa shape index (κ3) is 5.49. The van der Waals surface area contributed by atoms with Gasteiger partial charge in [0.1, 0.15) is 11.6 Å². The first-order valence-electron chi connectivity index (χ1n) is 8.26. The number of hydrogen-bond donors (Lipinski definition) is 1. The summed E-state index contributed by atoms with van der Waals surface area (Å²) in [7, 11) is 0.982. The van der Waals surface area contributed by atoms with Crippen molar-refractivity contribution in [3.05, 3.63) is 53.1 Å². The normalized spacial score (nSPS) is 11.3. The average molecular weight is 416 g/mol. The van der Waals surface area contributed by atoms with Gasteiger partial charge in [0.2, 0.25) is 21.6 Å². The van der Waals surface area contributed by atoms with Crippen LogP contribution in [0.2, 0.25) is 0 Å². The molecule has 1 N–H and O–H groups in total. The number of benzene rings is 2. The molecule has 2 aromatic rings. The molecule has 0 heterocycles. The lowest BCUT2D eigenvalue weighted by molar-refractivity contribution is 0.104. The maximum atomic E-state index is 12.7. The highest BCUT2D eigenvalue weighted by atomic mass is 32.2. The number of carbonyl (C=O) groups excluding carboxylic acids is 1. The molecule has 8 nitrogen and oxygen atoms in total. The topological polar surface area (TPSA) is 115 Å². The molecule has 0 aromatic heterocycles. The van der Waals surface area contributed by atoms with Crippen LogP contribution in [0, 0.1) is 11.3 Å². The first kappa shape index (κ1) is 21.8. The number of rotatable bonds is 8. The molecule has 0 atom stereocenters. The molecule has 0 unspecified atom stereocenters. The van der Waals surface area contributed by atoms with E-state index in [9.17, 15) is 18.5 Å². The standard InChI is InChI=1S/C20H20N2O6S/c1-26-17-10-13(11-18(27-2)20(17)28-3)9-15(12-21)19(23)14-5-7-16(8-6-14)22-29(4,24)25/h5-11,22H,1-4H3/b15-9+. The Morgan fingerprint density at radius 2 is 1.59 bits per heavy atom. The number of carbonyl (C=O) groups is 1. The van der Waals surface area contributed by atoms with Crippen LogP contribution < -0.4 is 18.9 Å². The second kappa shape index (κ2) is 9.12. The molecule has 2 rings (SSSR count). The fourth-order valence-corrected chi connectivity index (χ4v) is 3.12. The number of anilines is 1. The highest BCUT2D eigenvalue weighted by molar-refractivity contribution is 7.92. The number of ketones is 1. The zero-order chi connectivity index (χ0) is 21.6. The zero-order valence-corrected chi connectivity index (χ0v) is 17.2. The number of Topliss-reactive ketones (excluding diaryl/α,β-unsaturated/α-hetero) is 1. The van der Waals surface area contributed by atoms with E-state index in [2.05, 4.69) is 4.72 Å². The summed E-state index contributed by atoms with van der Waals surface area (Å²) in [5.41, 5.74) is 0.961. The van der Waals surface area contributed by atoms with Crippen LogP contribution in [0.25, 0.3) is 6.08 Å². The number of sulfonamides is 1. The smallest absolute Gasteiger partial charge is 0.229 e. The van der Waals surface area contributed by atoms with Gasteiger partial charge in [0.25, 0.3) is 0 Å². The van der Waals surface area contributed by atoms with E-state index in [1.54, 1.807) is 12.1 Å². The van der Waals surface area contributed by atoms with Crippen molar-refractivity contribution in [2.45, 2.75) is 0 Å². The van der Waals surface area contributed by atoms with Gasteiger partial charge >= 0.3 is 0 Å². The van der Waals surface area contributed by atoms with Crippen LogP contribution in [0.4, 0.5) is 5.69 Å². The van der Waals surface area contributed by atoms with Crippen molar-refractivity contribution in [3.8, 4) is 23.3 Å². The Morgan fingerprint density at radius 3 is 2.00 bits per heavy atom. The lowest BCUT2D eigenvalue weighted by atomic mass is 10.0. The molecule has 0 radical (unpaired) electrons. The van der Waals surface area contributed by atoms with Crippen LogP contribution in [0.3, 0.4) is 0 Å².